The van der Waals surface area contributed by atoms with Gasteiger partial charge in [0, 0.05) is 61.2 Å². The van der Waals surface area contributed by atoms with Crippen molar-refractivity contribution in [2.24, 2.45) is 0 Å². The Hall–Kier alpha value is -8.28. The topological polar surface area (TPSA) is 242 Å². The van der Waals surface area contributed by atoms with Crippen LogP contribution in [0.3, 0.4) is 0 Å². The van der Waals surface area contributed by atoms with Gasteiger partial charge in [-0.1, -0.05) is 0 Å². The molecule has 11 rings (SSSR count). The zero-order valence-corrected chi connectivity index (χ0v) is 43.3. The predicted octanol–water partition coefficient (Wildman–Crippen LogP) is 6.75. The smallest absolute Gasteiger partial charge is 0.232 e. The van der Waals surface area contributed by atoms with Crippen LogP contribution < -0.4 is 53.8 Å². The average molecular weight is 1040 g/mol. The number of ether oxygens (including phenoxy) is 7. The highest BCUT2D eigenvalue weighted by molar-refractivity contribution is 5.94. The Morgan fingerprint density at radius 2 is 1.24 bits per heavy atom. The zero-order chi connectivity index (χ0) is 52.5. The van der Waals surface area contributed by atoms with Crippen LogP contribution in [0.2, 0.25) is 0 Å². The molecule has 0 amide bonds. The Balaban J connectivity index is 0.807. The van der Waals surface area contributed by atoms with E-state index in [1.165, 1.54) is 0 Å². The summed E-state index contributed by atoms with van der Waals surface area (Å²) in [6.07, 6.45) is 13.0. The number of fused-ring (bicyclic) bond motifs is 2. The summed E-state index contributed by atoms with van der Waals surface area (Å²) < 4.78 is 43.5. The van der Waals surface area contributed by atoms with Gasteiger partial charge in [-0.25, -0.2) is 15.0 Å². The van der Waals surface area contributed by atoms with E-state index in [2.05, 4.69) is 46.4 Å². The number of aromatic nitrogens is 9. The van der Waals surface area contributed by atoms with Crippen LogP contribution in [-0.2, 0) is 4.74 Å². The van der Waals surface area contributed by atoms with Gasteiger partial charge in [-0.15, -0.1) is 0 Å². The number of anilines is 7. The van der Waals surface area contributed by atoms with Crippen molar-refractivity contribution in [2.75, 3.05) is 101 Å². The number of benzene rings is 3. The lowest BCUT2D eigenvalue weighted by Crippen LogP contribution is -2.43. The Bertz CT molecular complexity index is 3300. The normalized spacial score (nSPS) is 17.9. The number of rotatable bonds is 20. The summed E-state index contributed by atoms with van der Waals surface area (Å²) in [6, 6.07) is 15.0. The number of hydrogen-bond donors (Lipinski definition) is 5. The first kappa shape index (κ1) is 49.9. The first-order valence-electron chi connectivity index (χ1n) is 25.3. The first-order valence-corrected chi connectivity index (χ1v) is 25.3. The number of aliphatic hydroxyl groups is 2. The molecule has 398 valence electrons. The molecule has 76 heavy (non-hydrogen) atoms. The Morgan fingerprint density at radius 1 is 0.632 bits per heavy atom. The average Bonchev–Trinajstić information content (AvgIpc) is 4.35. The van der Waals surface area contributed by atoms with Crippen LogP contribution in [0.1, 0.15) is 38.5 Å². The predicted molar refractivity (Wildman–Crippen MR) is 287 cm³/mol. The summed E-state index contributed by atoms with van der Waals surface area (Å²) in [5, 5.41) is 30.7. The minimum Gasteiger partial charge on any atom is -0.493 e. The van der Waals surface area contributed by atoms with Gasteiger partial charge in [0.25, 0.3) is 0 Å². The van der Waals surface area contributed by atoms with Crippen LogP contribution in [0.4, 0.5) is 40.9 Å². The van der Waals surface area contributed by atoms with Gasteiger partial charge in [0.2, 0.25) is 23.4 Å². The number of nitrogens with one attached hydrogen (secondary N) is 3. The maximum absolute atomic E-state index is 11.9. The minimum atomic E-state index is -1.06. The molecular weight excluding hydrogens is 977 g/mol. The fraction of sp³-hybridized carbons (Fsp3) is 0.396. The van der Waals surface area contributed by atoms with E-state index < -0.39 is 6.29 Å². The highest BCUT2D eigenvalue weighted by Gasteiger charge is 2.35. The van der Waals surface area contributed by atoms with E-state index in [9.17, 15) is 10.2 Å². The van der Waals surface area contributed by atoms with E-state index in [4.69, 9.17) is 53.1 Å². The van der Waals surface area contributed by atoms with Gasteiger partial charge in [0.1, 0.15) is 35.8 Å². The first-order chi connectivity index (χ1) is 37.2. The molecule has 3 aliphatic rings. The number of methoxy groups -OCH3 is 6. The largest absolute Gasteiger partial charge is 0.493 e. The number of aliphatic hydroxyl groups excluding tert-OH is 2. The van der Waals surface area contributed by atoms with Crippen LogP contribution in [-0.4, -0.2) is 154 Å². The van der Waals surface area contributed by atoms with Crippen LogP contribution in [0.15, 0.2) is 79.8 Å². The molecule has 8 aromatic rings. The molecule has 1 unspecified atom stereocenters. The second-order valence-corrected chi connectivity index (χ2v) is 18.8. The molecule has 0 spiro atoms. The number of nitrogens with zero attached hydrogens (tertiary/aromatic N) is 11. The number of aromatic amines is 1. The fourth-order valence-corrected chi connectivity index (χ4v) is 10.7. The molecule has 3 aliphatic heterocycles. The van der Waals surface area contributed by atoms with Crippen molar-refractivity contribution in [3.63, 3.8) is 0 Å². The summed E-state index contributed by atoms with van der Waals surface area (Å²) in [5.41, 5.74) is 3.81. The lowest BCUT2D eigenvalue weighted by Gasteiger charge is -2.32. The number of hydrogen-bond acceptors (Lipinski definition) is 20. The molecule has 5 aromatic heterocycles. The van der Waals surface area contributed by atoms with E-state index in [0.29, 0.717) is 81.6 Å². The van der Waals surface area contributed by atoms with Crippen LogP contribution in [0, 0.1) is 0 Å². The van der Waals surface area contributed by atoms with Gasteiger partial charge in [0.15, 0.2) is 35.1 Å². The van der Waals surface area contributed by atoms with Gasteiger partial charge >= 0.3 is 0 Å². The maximum Gasteiger partial charge on any atom is 0.232 e. The molecule has 5 N–H and O–H groups in total. The molecule has 3 saturated heterocycles. The van der Waals surface area contributed by atoms with E-state index in [-0.39, 0.29) is 24.7 Å². The molecule has 4 atom stereocenters. The summed E-state index contributed by atoms with van der Waals surface area (Å²) in [7, 11) is 9.45. The molecule has 0 radical (unpaired) electrons. The molecule has 3 aromatic carbocycles. The molecule has 23 nitrogen and oxygen atoms in total. The molecule has 23 heteroatoms. The highest BCUT2D eigenvalue weighted by atomic mass is 16.6. The lowest BCUT2D eigenvalue weighted by atomic mass is 10.1. The van der Waals surface area contributed by atoms with Crippen LogP contribution in [0.5, 0.6) is 34.5 Å². The highest BCUT2D eigenvalue weighted by Crippen LogP contribution is 2.42. The van der Waals surface area contributed by atoms with Crippen LogP contribution >= 0.6 is 0 Å². The molecular formula is C53H62N14O9. The molecule has 3 fully saturated rings. The second kappa shape index (κ2) is 21.5. The van der Waals surface area contributed by atoms with Gasteiger partial charge in [0.05, 0.1) is 109 Å². The van der Waals surface area contributed by atoms with Crippen molar-refractivity contribution in [1.82, 2.24) is 44.0 Å². The number of imidazole rings is 2. The summed E-state index contributed by atoms with van der Waals surface area (Å²) in [5.74, 6) is 6.38. The quantitative estimate of drug-likeness (QED) is 0.0496. The third-order valence-corrected chi connectivity index (χ3v) is 14.5. The third kappa shape index (κ3) is 9.56. The van der Waals surface area contributed by atoms with Gasteiger partial charge < -0.3 is 82.8 Å². The fourth-order valence-electron chi connectivity index (χ4n) is 10.7. The molecule has 0 saturated carbocycles. The SMILES string of the molecule is COc1cc(-n2cnc(Nc3nc(N4CCC[C@@H]4COC(O)[C@H]4CCCN4c4ccc5c(Nc6cn(-c7cc(OC)c(OC)c(OC)c7)cn6)nc(N6CCC[C@@H]6CO)nc5c4)c4cc[nH]c4n3)c2)cc(OC)c1OC. The third-order valence-electron chi connectivity index (χ3n) is 14.5. The molecule has 0 aliphatic carbocycles. The van der Waals surface area contributed by atoms with E-state index in [0.717, 1.165) is 91.8 Å². The van der Waals surface area contributed by atoms with Crippen molar-refractivity contribution < 1.29 is 43.4 Å². The van der Waals surface area contributed by atoms with Crippen molar-refractivity contribution in [3.8, 4) is 45.9 Å². The number of H-pyrrole nitrogens is 1. The van der Waals surface area contributed by atoms with Gasteiger partial charge in [-0.05, 0) is 62.8 Å². The van der Waals surface area contributed by atoms with Crippen molar-refractivity contribution >= 4 is 62.8 Å². The van der Waals surface area contributed by atoms with Crippen molar-refractivity contribution in [1.29, 1.82) is 0 Å². The minimum absolute atomic E-state index is 0.00353. The maximum atomic E-state index is 11.9. The summed E-state index contributed by atoms with van der Waals surface area (Å²) >= 11 is 0. The van der Waals surface area contributed by atoms with Crippen molar-refractivity contribution in [2.45, 2.75) is 62.9 Å². The summed E-state index contributed by atoms with van der Waals surface area (Å²) in [4.78, 5) is 39.1. The second-order valence-electron chi connectivity index (χ2n) is 18.8. The standard InChI is InChI=1S/C53H62N14O9/c1-70-40-21-34(22-41(71-2)46(40)74-5)63-25-44(55-29-63)58-49-36-14-13-31(20-38(36)57-53(61-49)67-19-7-10-32(67)27-68)65-17-9-12-39(65)51(69)76-28-33-11-8-18-66(33)50-37-15-16-54-48(37)60-52(62-50)59-45-26-64(30-56-45)35-23-42(72-3)47(75-6)43(24-35)73-4/h13-16,20-26,29-30,32-33,39,51,68-69H,7-12,17-19,27-28H2,1-6H3,(H,57,58,61)(H2,54,59,60,62)/t32-,33-,39-,51?/m1/s1. The Kier molecular flexibility index (Phi) is 14.1. The van der Waals surface area contributed by atoms with E-state index in [1.807, 2.05) is 70.2 Å². The summed E-state index contributed by atoms with van der Waals surface area (Å²) in [6.45, 7) is 2.50. The van der Waals surface area contributed by atoms with Crippen molar-refractivity contribution in [3.05, 3.63) is 79.8 Å². The molecule has 0 bridgehead atoms. The van der Waals surface area contributed by atoms with Gasteiger partial charge in [-0.2, -0.15) is 15.0 Å². The lowest BCUT2D eigenvalue weighted by molar-refractivity contribution is -0.115. The molecule has 8 heterocycles. The Morgan fingerprint density at radius 3 is 1.87 bits per heavy atom. The Labute approximate surface area is 438 Å². The monoisotopic (exact) mass is 1040 g/mol. The van der Waals surface area contributed by atoms with E-state index >= 15 is 0 Å². The van der Waals surface area contributed by atoms with E-state index in [1.54, 1.807) is 55.3 Å². The zero-order valence-electron chi connectivity index (χ0n) is 43.3. The van der Waals surface area contributed by atoms with Gasteiger partial charge in [-0.3, -0.25) is 0 Å². The van der Waals surface area contributed by atoms with Crippen LogP contribution in [0.25, 0.3) is 33.3 Å².